The van der Waals surface area contributed by atoms with Gasteiger partial charge >= 0.3 is 0 Å². The number of aromatic nitrogens is 3. The van der Waals surface area contributed by atoms with Gasteiger partial charge in [-0.15, -0.1) is 11.3 Å². The van der Waals surface area contributed by atoms with Crippen LogP contribution in [-0.2, 0) is 0 Å². The first kappa shape index (κ1) is 18.6. The van der Waals surface area contributed by atoms with E-state index in [4.69, 9.17) is 4.98 Å². The summed E-state index contributed by atoms with van der Waals surface area (Å²) in [5.74, 6) is 0.0606. The van der Waals surface area contributed by atoms with Crippen molar-refractivity contribution >= 4 is 28.3 Å². The number of nitrogens with zero attached hydrogens (tertiary/aromatic N) is 4. The number of carbonyl (C=O) groups is 1. The number of fused-ring (bicyclic) bond motifs is 1. The molecule has 0 N–H and O–H groups in total. The number of hydrogen-bond acceptors (Lipinski definition) is 4. The van der Waals surface area contributed by atoms with Gasteiger partial charge in [0.1, 0.15) is 15.5 Å². The van der Waals surface area contributed by atoms with Gasteiger partial charge in [0, 0.05) is 43.0 Å². The third-order valence-electron chi connectivity index (χ3n) is 4.56. The number of carbonyl (C=O) groups excluding carboxylic acids is 1. The van der Waals surface area contributed by atoms with Crippen molar-refractivity contribution in [3.8, 4) is 10.6 Å². The minimum absolute atomic E-state index is 0.0606. The van der Waals surface area contributed by atoms with Crippen LogP contribution in [0.3, 0.4) is 0 Å². The van der Waals surface area contributed by atoms with Crippen molar-refractivity contribution in [1.29, 1.82) is 0 Å². The van der Waals surface area contributed by atoms with Crippen LogP contribution in [0.25, 0.3) is 21.6 Å². The third kappa shape index (κ3) is 3.38. The summed E-state index contributed by atoms with van der Waals surface area (Å²) in [4.78, 5) is 24.6. The van der Waals surface area contributed by atoms with E-state index < -0.39 is 0 Å². The van der Waals surface area contributed by atoms with Crippen LogP contribution in [0.5, 0.6) is 0 Å². The zero-order chi connectivity index (χ0) is 18.8. The highest BCUT2D eigenvalue weighted by Crippen LogP contribution is 2.35. The zero-order valence-corrected chi connectivity index (χ0v) is 16.9. The lowest BCUT2D eigenvalue weighted by Crippen LogP contribution is -2.27. The van der Waals surface area contributed by atoms with E-state index in [0.717, 1.165) is 51.6 Å². The summed E-state index contributed by atoms with van der Waals surface area (Å²) in [7, 11) is 1.87. The Morgan fingerprint density at radius 2 is 2.15 bits per heavy atom. The van der Waals surface area contributed by atoms with Crippen LogP contribution in [0.1, 0.15) is 55.0 Å². The highest BCUT2D eigenvalue weighted by molar-refractivity contribution is 7.17. The summed E-state index contributed by atoms with van der Waals surface area (Å²) in [6.07, 6.45) is 6.01. The number of amides is 1. The molecule has 0 aromatic carbocycles. The second-order valence-corrected chi connectivity index (χ2v) is 7.93. The fraction of sp³-hybridized carbons (Fsp3) is 0.450. The highest BCUT2D eigenvalue weighted by atomic mass is 32.1. The molecule has 6 heteroatoms. The van der Waals surface area contributed by atoms with Gasteiger partial charge < -0.3 is 9.47 Å². The molecule has 0 saturated heterocycles. The van der Waals surface area contributed by atoms with E-state index in [0.29, 0.717) is 6.04 Å². The molecule has 0 bridgehead atoms. The number of unbranched alkanes of at least 4 members (excludes halogenated alkanes) is 1. The largest absolute Gasteiger partial charge is 0.341 e. The van der Waals surface area contributed by atoms with Gasteiger partial charge in [-0.2, -0.15) is 0 Å². The predicted octanol–water partition coefficient (Wildman–Crippen LogP) is 4.92. The second-order valence-electron chi connectivity index (χ2n) is 6.93. The Labute approximate surface area is 158 Å². The normalized spacial score (nSPS) is 11.5. The molecule has 0 fully saturated rings. The van der Waals surface area contributed by atoms with Crippen LogP contribution in [0.2, 0.25) is 0 Å². The molecule has 0 spiro atoms. The first-order chi connectivity index (χ1) is 12.4. The summed E-state index contributed by atoms with van der Waals surface area (Å²) in [5, 5.41) is 1.96. The highest BCUT2D eigenvalue weighted by Gasteiger charge is 2.22. The minimum Gasteiger partial charge on any atom is -0.341 e. The molecule has 1 amide bonds. The Morgan fingerprint density at radius 3 is 2.85 bits per heavy atom. The molecule has 0 aliphatic heterocycles. The third-order valence-corrected chi connectivity index (χ3v) is 5.74. The second kappa shape index (κ2) is 7.58. The molecule has 0 unspecified atom stereocenters. The van der Waals surface area contributed by atoms with Gasteiger partial charge in [-0.3, -0.25) is 4.79 Å². The van der Waals surface area contributed by atoms with Crippen molar-refractivity contribution in [2.75, 3.05) is 13.6 Å². The van der Waals surface area contributed by atoms with Crippen LogP contribution in [0.4, 0.5) is 0 Å². The Kier molecular flexibility index (Phi) is 5.41. The van der Waals surface area contributed by atoms with Gasteiger partial charge in [0.2, 0.25) is 0 Å². The fourth-order valence-electron chi connectivity index (χ4n) is 3.03. The van der Waals surface area contributed by atoms with E-state index in [-0.39, 0.29) is 5.91 Å². The zero-order valence-electron chi connectivity index (χ0n) is 16.1. The smallest absolute Gasteiger partial charge is 0.265 e. The average molecular weight is 371 g/mol. The summed E-state index contributed by atoms with van der Waals surface area (Å²) in [5.41, 5.74) is 2.80. The molecule has 3 rings (SSSR count). The Morgan fingerprint density at radius 1 is 1.38 bits per heavy atom. The number of aryl methyl sites for hydroxylation is 1. The van der Waals surface area contributed by atoms with Crippen LogP contribution < -0.4 is 0 Å². The first-order valence-electron chi connectivity index (χ1n) is 9.12. The van der Waals surface area contributed by atoms with Crippen LogP contribution >= 0.6 is 11.3 Å². The van der Waals surface area contributed by atoms with Crippen molar-refractivity contribution in [3.05, 3.63) is 35.1 Å². The van der Waals surface area contributed by atoms with Crippen molar-refractivity contribution < 1.29 is 4.79 Å². The molecule has 138 valence electrons. The van der Waals surface area contributed by atoms with Crippen molar-refractivity contribution in [2.24, 2.45) is 0 Å². The average Bonchev–Trinajstić information content (AvgIpc) is 3.19. The lowest BCUT2D eigenvalue weighted by atomic mass is 10.2. The Hall–Kier alpha value is -2.21. The van der Waals surface area contributed by atoms with Gasteiger partial charge in [0.05, 0.1) is 5.69 Å². The predicted molar refractivity (Wildman–Crippen MR) is 108 cm³/mol. The number of hydrogen-bond donors (Lipinski definition) is 0. The molecule has 0 radical (unpaired) electrons. The molecule has 3 aromatic heterocycles. The quantitative estimate of drug-likeness (QED) is 0.619. The molecular weight excluding hydrogens is 344 g/mol. The van der Waals surface area contributed by atoms with Crippen molar-refractivity contribution in [2.45, 2.75) is 46.6 Å². The fourth-order valence-corrected chi connectivity index (χ4v) is 4.11. The molecular formula is C20H26N4OS. The SMILES string of the molecule is CCCCN(C)C(=O)c1sc(-c2cn(C(C)C)c3ncccc23)nc1C. The lowest BCUT2D eigenvalue weighted by Gasteiger charge is -2.15. The van der Waals surface area contributed by atoms with Gasteiger partial charge in [-0.25, -0.2) is 9.97 Å². The van der Waals surface area contributed by atoms with E-state index in [1.807, 2.05) is 26.2 Å². The van der Waals surface area contributed by atoms with Gasteiger partial charge in [-0.1, -0.05) is 13.3 Å². The molecule has 3 heterocycles. The van der Waals surface area contributed by atoms with E-state index in [2.05, 4.69) is 42.6 Å². The van der Waals surface area contributed by atoms with Gasteiger partial charge in [0.25, 0.3) is 5.91 Å². The van der Waals surface area contributed by atoms with Crippen LogP contribution in [0.15, 0.2) is 24.5 Å². The standard InChI is InChI=1S/C20H26N4OS/c1-6-7-11-23(5)20(25)17-14(4)22-19(26-17)16-12-24(13(2)3)18-15(16)9-8-10-21-18/h8-10,12-13H,6-7,11H2,1-5H3. The topological polar surface area (TPSA) is 51.0 Å². The molecule has 0 aliphatic carbocycles. The summed E-state index contributed by atoms with van der Waals surface area (Å²) >= 11 is 1.48. The molecule has 26 heavy (non-hydrogen) atoms. The maximum atomic E-state index is 12.8. The van der Waals surface area contributed by atoms with Gasteiger partial charge in [0.15, 0.2) is 0 Å². The molecule has 3 aromatic rings. The minimum atomic E-state index is 0.0606. The van der Waals surface area contributed by atoms with E-state index in [1.54, 1.807) is 4.90 Å². The number of thiazole rings is 1. The number of rotatable bonds is 6. The van der Waals surface area contributed by atoms with Crippen LogP contribution in [-0.4, -0.2) is 38.9 Å². The van der Waals surface area contributed by atoms with Gasteiger partial charge in [-0.05, 0) is 39.3 Å². The first-order valence-corrected chi connectivity index (χ1v) is 9.94. The Bertz CT molecular complexity index is 925. The summed E-state index contributed by atoms with van der Waals surface area (Å²) < 4.78 is 2.16. The monoisotopic (exact) mass is 370 g/mol. The van der Waals surface area contributed by atoms with Crippen LogP contribution in [0, 0.1) is 6.92 Å². The molecule has 0 atom stereocenters. The van der Waals surface area contributed by atoms with E-state index in [1.165, 1.54) is 11.3 Å². The molecule has 0 saturated carbocycles. The summed E-state index contributed by atoms with van der Waals surface area (Å²) in [6, 6.07) is 4.33. The van der Waals surface area contributed by atoms with E-state index >= 15 is 0 Å². The van der Waals surface area contributed by atoms with Crippen molar-refractivity contribution in [3.63, 3.8) is 0 Å². The lowest BCUT2D eigenvalue weighted by molar-refractivity contribution is 0.0797. The number of pyridine rings is 1. The van der Waals surface area contributed by atoms with E-state index in [9.17, 15) is 4.79 Å². The maximum Gasteiger partial charge on any atom is 0.265 e. The maximum absolute atomic E-state index is 12.8. The Balaban J connectivity index is 2.02. The summed E-state index contributed by atoms with van der Waals surface area (Å²) in [6.45, 7) is 9.11. The van der Waals surface area contributed by atoms with Crippen molar-refractivity contribution in [1.82, 2.24) is 19.4 Å². The molecule has 0 aliphatic rings. The molecule has 5 nitrogen and oxygen atoms in total.